The molecule has 0 radical (unpaired) electrons. The van der Waals surface area contributed by atoms with Gasteiger partial charge in [-0.2, -0.15) is 0 Å². The van der Waals surface area contributed by atoms with Crippen molar-refractivity contribution in [2.75, 3.05) is 7.11 Å². The maximum Gasteiger partial charge on any atom is 0.184 e. The fourth-order valence-corrected chi connectivity index (χ4v) is 2.06. The van der Waals surface area contributed by atoms with Gasteiger partial charge in [-0.05, 0) is 19.1 Å². The van der Waals surface area contributed by atoms with Gasteiger partial charge in [-0.15, -0.1) is 11.3 Å². The number of ether oxygens (including phenoxy) is 1. The molecule has 0 aliphatic rings. The summed E-state index contributed by atoms with van der Waals surface area (Å²) >= 11 is 1.34. The Hall–Kier alpha value is -1.16. The molecule has 0 N–H and O–H groups in total. The van der Waals surface area contributed by atoms with Gasteiger partial charge in [-0.1, -0.05) is 0 Å². The monoisotopic (exact) mass is 197 g/mol. The Kier molecular flexibility index (Phi) is 1.92. The molecule has 68 valence electrons. The van der Waals surface area contributed by atoms with Crippen molar-refractivity contribution in [2.24, 2.45) is 0 Å². The standard InChI is InChI=1S/C9H8FNOS/c1-5-11-6-3-4-7(12-2)8(10)9(6)13-5/h3-4H,1-2H3. The summed E-state index contributed by atoms with van der Waals surface area (Å²) in [6.45, 7) is 1.86. The Morgan fingerprint density at radius 3 is 2.92 bits per heavy atom. The summed E-state index contributed by atoms with van der Waals surface area (Å²) in [5.74, 6) is -0.0400. The summed E-state index contributed by atoms with van der Waals surface area (Å²) in [5, 5.41) is 0.863. The Bertz CT molecular complexity index is 452. The van der Waals surface area contributed by atoms with E-state index in [2.05, 4.69) is 4.98 Å². The average Bonchev–Trinajstić information content (AvgIpc) is 2.47. The lowest BCUT2D eigenvalue weighted by Gasteiger charge is -1.99. The van der Waals surface area contributed by atoms with Crippen LogP contribution in [0.1, 0.15) is 5.01 Å². The van der Waals surface area contributed by atoms with E-state index in [1.54, 1.807) is 12.1 Å². The van der Waals surface area contributed by atoms with E-state index in [0.717, 1.165) is 5.01 Å². The normalized spacial score (nSPS) is 10.7. The van der Waals surface area contributed by atoms with E-state index < -0.39 is 0 Å². The van der Waals surface area contributed by atoms with Crippen molar-refractivity contribution in [1.82, 2.24) is 4.98 Å². The molecule has 0 aliphatic heterocycles. The number of methoxy groups -OCH3 is 1. The number of rotatable bonds is 1. The van der Waals surface area contributed by atoms with Gasteiger partial charge in [0, 0.05) is 0 Å². The first-order chi connectivity index (χ1) is 6.22. The zero-order chi connectivity index (χ0) is 9.42. The highest BCUT2D eigenvalue weighted by atomic mass is 32.1. The van der Waals surface area contributed by atoms with E-state index in [1.807, 2.05) is 6.92 Å². The number of aromatic nitrogens is 1. The number of benzene rings is 1. The molecule has 13 heavy (non-hydrogen) atoms. The van der Waals surface area contributed by atoms with Crippen LogP contribution in [0.2, 0.25) is 0 Å². The largest absolute Gasteiger partial charge is 0.494 e. The van der Waals surface area contributed by atoms with Crippen LogP contribution >= 0.6 is 11.3 Å². The van der Waals surface area contributed by atoms with Crippen molar-refractivity contribution in [3.63, 3.8) is 0 Å². The van der Waals surface area contributed by atoms with E-state index in [0.29, 0.717) is 10.2 Å². The third-order valence-electron chi connectivity index (χ3n) is 1.79. The molecule has 2 aromatic rings. The molecule has 1 aromatic carbocycles. The molecular formula is C9H8FNOS. The summed E-state index contributed by atoms with van der Waals surface area (Å²) < 4.78 is 19.0. The van der Waals surface area contributed by atoms with Crippen LogP contribution in [0.4, 0.5) is 4.39 Å². The highest BCUT2D eigenvalue weighted by Crippen LogP contribution is 2.30. The molecule has 0 unspecified atom stereocenters. The minimum Gasteiger partial charge on any atom is -0.494 e. The molecule has 0 fully saturated rings. The van der Waals surface area contributed by atoms with Gasteiger partial charge in [0.1, 0.15) is 0 Å². The molecule has 0 aliphatic carbocycles. The number of thiazole rings is 1. The number of nitrogens with zero attached hydrogens (tertiary/aromatic N) is 1. The first-order valence-electron chi connectivity index (χ1n) is 3.82. The van der Waals surface area contributed by atoms with E-state index in [1.165, 1.54) is 18.4 Å². The molecule has 0 amide bonds. The summed E-state index contributed by atoms with van der Waals surface area (Å²) in [4.78, 5) is 4.17. The Labute approximate surface area is 79.0 Å². The van der Waals surface area contributed by atoms with Crippen molar-refractivity contribution < 1.29 is 9.13 Å². The topological polar surface area (TPSA) is 22.1 Å². The van der Waals surface area contributed by atoms with Crippen molar-refractivity contribution >= 4 is 21.6 Å². The fraction of sp³-hybridized carbons (Fsp3) is 0.222. The van der Waals surface area contributed by atoms with Crippen molar-refractivity contribution in [3.8, 4) is 5.75 Å². The maximum absolute atomic E-state index is 13.5. The predicted octanol–water partition coefficient (Wildman–Crippen LogP) is 2.75. The molecule has 2 nitrogen and oxygen atoms in total. The van der Waals surface area contributed by atoms with Gasteiger partial charge < -0.3 is 4.74 Å². The number of halogens is 1. The van der Waals surface area contributed by atoms with Gasteiger partial charge in [0.05, 0.1) is 22.3 Å². The lowest BCUT2D eigenvalue weighted by molar-refractivity contribution is 0.389. The van der Waals surface area contributed by atoms with Crippen LogP contribution in [0, 0.1) is 12.7 Å². The van der Waals surface area contributed by atoms with E-state index in [4.69, 9.17) is 4.74 Å². The van der Waals surface area contributed by atoms with Gasteiger partial charge in [0.2, 0.25) is 0 Å². The second-order valence-electron chi connectivity index (χ2n) is 2.66. The van der Waals surface area contributed by atoms with Crippen molar-refractivity contribution in [2.45, 2.75) is 6.92 Å². The summed E-state index contributed by atoms with van der Waals surface area (Å²) in [5.41, 5.74) is 0.695. The number of fused-ring (bicyclic) bond motifs is 1. The first-order valence-corrected chi connectivity index (χ1v) is 4.63. The average molecular weight is 197 g/mol. The third kappa shape index (κ3) is 1.27. The van der Waals surface area contributed by atoms with Crippen LogP contribution in [-0.4, -0.2) is 12.1 Å². The molecule has 0 bridgehead atoms. The van der Waals surface area contributed by atoms with Crippen LogP contribution < -0.4 is 4.74 Å². The first kappa shape index (κ1) is 8.44. The van der Waals surface area contributed by atoms with Crippen LogP contribution in [0.5, 0.6) is 5.75 Å². The van der Waals surface area contributed by atoms with Crippen LogP contribution in [0.3, 0.4) is 0 Å². The fourth-order valence-electron chi connectivity index (χ4n) is 1.21. The minimum absolute atomic E-state index is 0.274. The minimum atomic E-state index is -0.314. The third-order valence-corrected chi connectivity index (χ3v) is 2.77. The summed E-state index contributed by atoms with van der Waals surface area (Å²) in [6.07, 6.45) is 0. The SMILES string of the molecule is COc1ccc2nc(C)sc2c1F. The quantitative estimate of drug-likeness (QED) is 0.701. The van der Waals surface area contributed by atoms with Crippen molar-refractivity contribution in [1.29, 1.82) is 0 Å². The maximum atomic E-state index is 13.5. The van der Waals surface area contributed by atoms with Gasteiger partial charge in [-0.3, -0.25) is 0 Å². The molecule has 0 saturated carbocycles. The highest BCUT2D eigenvalue weighted by molar-refractivity contribution is 7.18. The number of hydrogen-bond acceptors (Lipinski definition) is 3. The zero-order valence-corrected chi connectivity index (χ0v) is 8.11. The van der Waals surface area contributed by atoms with Crippen LogP contribution in [0.15, 0.2) is 12.1 Å². The van der Waals surface area contributed by atoms with Gasteiger partial charge in [0.25, 0.3) is 0 Å². The Morgan fingerprint density at radius 2 is 2.23 bits per heavy atom. The van der Waals surface area contributed by atoms with Crippen LogP contribution in [-0.2, 0) is 0 Å². The van der Waals surface area contributed by atoms with Crippen LogP contribution in [0.25, 0.3) is 10.2 Å². The molecule has 0 atom stereocenters. The molecular weight excluding hydrogens is 189 g/mol. The Balaban J connectivity index is 2.78. The summed E-state index contributed by atoms with van der Waals surface area (Å²) in [6, 6.07) is 3.36. The number of aryl methyl sites for hydroxylation is 1. The molecule has 4 heteroatoms. The molecule has 0 spiro atoms. The van der Waals surface area contributed by atoms with Crippen molar-refractivity contribution in [3.05, 3.63) is 23.0 Å². The lowest BCUT2D eigenvalue weighted by Crippen LogP contribution is -1.86. The van der Waals surface area contributed by atoms with E-state index in [-0.39, 0.29) is 11.6 Å². The predicted molar refractivity (Wildman–Crippen MR) is 50.9 cm³/mol. The van der Waals surface area contributed by atoms with E-state index >= 15 is 0 Å². The molecule has 1 heterocycles. The second-order valence-corrected chi connectivity index (χ2v) is 3.87. The summed E-state index contributed by atoms with van der Waals surface area (Å²) in [7, 11) is 1.46. The smallest absolute Gasteiger partial charge is 0.184 e. The zero-order valence-electron chi connectivity index (χ0n) is 7.30. The van der Waals surface area contributed by atoms with Gasteiger partial charge in [-0.25, -0.2) is 9.37 Å². The highest BCUT2D eigenvalue weighted by Gasteiger charge is 2.10. The Morgan fingerprint density at radius 1 is 1.46 bits per heavy atom. The molecule has 1 aromatic heterocycles. The van der Waals surface area contributed by atoms with Gasteiger partial charge in [0.15, 0.2) is 11.6 Å². The lowest BCUT2D eigenvalue weighted by atomic mass is 10.3. The molecule has 2 rings (SSSR count). The van der Waals surface area contributed by atoms with Gasteiger partial charge >= 0.3 is 0 Å². The van der Waals surface area contributed by atoms with E-state index in [9.17, 15) is 4.39 Å². The second kappa shape index (κ2) is 2.96. The number of hydrogen-bond donors (Lipinski definition) is 0. The molecule has 0 saturated heterocycles.